The summed E-state index contributed by atoms with van der Waals surface area (Å²) in [5, 5.41) is 11.3. The lowest BCUT2D eigenvalue weighted by Gasteiger charge is -2.19. The topological polar surface area (TPSA) is 111 Å². The second-order valence-corrected chi connectivity index (χ2v) is 3.54. The molecule has 7 heteroatoms. The van der Waals surface area contributed by atoms with Crippen LogP contribution < -0.4 is 11.1 Å². The van der Waals surface area contributed by atoms with E-state index in [9.17, 15) is 9.59 Å². The second-order valence-electron chi connectivity index (χ2n) is 3.54. The average molecular weight is 246 g/mol. The fraction of sp³-hybridized carbons (Fsp3) is 0.600. The molecule has 0 aliphatic rings. The number of nitrogens with one attached hydrogen (secondary N) is 1. The Hall–Kier alpha value is -1.60. The van der Waals surface area contributed by atoms with Gasteiger partial charge in [0, 0.05) is 5.57 Å². The molecule has 0 bridgehead atoms. The lowest BCUT2D eigenvalue weighted by Crippen LogP contribution is -2.40. The summed E-state index contributed by atoms with van der Waals surface area (Å²) in [6.07, 6.45) is -1.73. The van der Waals surface area contributed by atoms with Crippen molar-refractivity contribution in [3.8, 4) is 0 Å². The Balaban J connectivity index is 4.23. The van der Waals surface area contributed by atoms with Gasteiger partial charge >= 0.3 is 12.0 Å². The van der Waals surface area contributed by atoms with Crippen LogP contribution in [0.5, 0.6) is 0 Å². The first kappa shape index (κ1) is 15.4. The van der Waals surface area contributed by atoms with E-state index in [1.807, 2.05) is 0 Å². The van der Waals surface area contributed by atoms with Crippen LogP contribution in [0, 0.1) is 0 Å². The Morgan fingerprint density at radius 3 is 2.53 bits per heavy atom. The summed E-state index contributed by atoms with van der Waals surface area (Å²) >= 11 is 0. The number of hydrogen-bond acceptors (Lipinski definition) is 5. The zero-order chi connectivity index (χ0) is 13.4. The molecule has 0 fully saturated rings. The number of esters is 1. The number of hydrogen-bond donors (Lipinski definition) is 3. The number of carbonyl (C=O) groups is 2. The molecule has 0 aliphatic heterocycles. The third-order valence-electron chi connectivity index (χ3n) is 1.55. The van der Waals surface area contributed by atoms with Gasteiger partial charge in [-0.2, -0.15) is 0 Å². The van der Waals surface area contributed by atoms with Gasteiger partial charge in [0.05, 0.1) is 19.3 Å². The van der Waals surface area contributed by atoms with Gasteiger partial charge in [-0.15, -0.1) is 0 Å². The maximum Gasteiger partial charge on any atom is 0.335 e. The first-order chi connectivity index (χ1) is 7.82. The largest absolute Gasteiger partial charge is 0.430 e. The van der Waals surface area contributed by atoms with E-state index >= 15 is 0 Å². The van der Waals surface area contributed by atoms with E-state index < -0.39 is 24.4 Å². The molecule has 0 spiro atoms. The van der Waals surface area contributed by atoms with Gasteiger partial charge in [0.2, 0.25) is 6.29 Å². The number of nitrogens with two attached hydrogens (primary N) is 1. The Morgan fingerprint density at radius 1 is 1.53 bits per heavy atom. The normalized spacial score (nSPS) is 13.6. The highest BCUT2D eigenvalue weighted by molar-refractivity contribution is 5.87. The summed E-state index contributed by atoms with van der Waals surface area (Å²) in [7, 11) is 0. The molecule has 98 valence electrons. The zero-order valence-electron chi connectivity index (χ0n) is 9.93. The quantitative estimate of drug-likeness (QED) is 0.318. The maximum absolute atomic E-state index is 11.2. The third kappa shape index (κ3) is 8.23. The molecule has 2 atom stereocenters. The van der Waals surface area contributed by atoms with Crippen molar-refractivity contribution in [2.24, 2.45) is 5.73 Å². The van der Waals surface area contributed by atoms with Gasteiger partial charge in [0.25, 0.3) is 0 Å². The number of rotatable bonds is 7. The van der Waals surface area contributed by atoms with Gasteiger partial charge in [-0.05, 0) is 13.8 Å². The first-order valence-electron chi connectivity index (χ1n) is 5.02. The summed E-state index contributed by atoms with van der Waals surface area (Å²) in [5.74, 6) is -0.646. The van der Waals surface area contributed by atoms with Gasteiger partial charge in [0.1, 0.15) is 0 Å². The lowest BCUT2D eigenvalue weighted by atomic mass is 10.4. The number of amides is 2. The van der Waals surface area contributed by atoms with E-state index in [2.05, 4.69) is 11.9 Å². The number of urea groups is 1. The minimum Gasteiger partial charge on any atom is -0.430 e. The summed E-state index contributed by atoms with van der Waals surface area (Å²) in [6.45, 7) is 6.27. The molecule has 17 heavy (non-hydrogen) atoms. The molecule has 2 amide bonds. The maximum atomic E-state index is 11.2. The fourth-order valence-electron chi connectivity index (χ4n) is 0.785. The van der Waals surface area contributed by atoms with E-state index in [1.54, 1.807) is 0 Å². The summed E-state index contributed by atoms with van der Waals surface area (Å²) in [6, 6.07) is -0.762. The molecule has 7 nitrogen and oxygen atoms in total. The molecule has 0 aromatic heterocycles. The molecule has 0 aromatic carbocycles. The van der Waals surface area contributed by atoms with Crippen molar-refractivity contribution in [1.82, 2.24) is 5.32 Å². The third-order valence-corrected chi connectivity index (χ3v) is 1.55. The van der Waals surface area contributed by atoms with Crippen LogP contribution in [0.3, 0.4) is 0 Å². The predicted octanol–water partition coefficient (Wildman–Crippen LogP) is -0.502. The van der Waals surface area contributed by atoms with Crippen LogP contribution in [0.1, 0.15) is 13.8 Å². The SMILES string of the molecule is C=C(C)C(=O)OC(CNC(N)=O)OCC(C)O. The molecule has 4 N–H and O–H groups in total. The minimum absolute atomic E-state index is 0.0332. The summed E-state index contributed by atoms with van der Waals surface area (Å²) in [5.41, 5.74) is 5.08. The minimum atomic E-state index is -1.01. The highest BCUT2D eigenvalue weighted by atomic mass is 16.7. The van der Waals surface area contributed by atoms with Crippen LogP contribution >= 0.6 is 0 Å². The number of aliphatic hydroxyl groups excluding tert-OH is 1. The number of primary amides is 1. The highest BCUT2D eigenvalue weighted by Crippen LogP contribution is 2.01. The van der Waals surface area contributed by atoms with Crippen LogP contribution in [-0.4, -0.2) is 42.7 Å². The van der Waals surface area contributed by atoms with Crippen molar-refractivity contribution in [2.75, 3.05) is 13.2 Å². The Morgan fingerprint density at radius 2 is 2.12 bits per heavy atom. The number of ether oxygens (including phenoxy) is 2. The highest BCUT2D eigenvalue weighted by Gasteiger charge is 2.16. The second kappa shape index (κ2) is 7.64. The van der Waals surface area contributed by atoms with E-state index in [1.165, 1.54) is 13.8 Å². The predicted molar refractivity (Wildman–Crippen MR) is 59.9 cm³/mol. The van der Waals surface area contributed by atoms with Gasteiger partial charge in [-0.3, -0.25) is 0 Å². The van der Waals surface area contributed by atoms with Crippen molar-refractivity contribution in [3.05, 3.63) is 12.2 Å². The van der Waals surface area contributed by atoms with Gasteiger partial charge in [-0.1, -0.05) is 6.58 Å². The molecule has 0 saturated heterocycles. The smallest absolute Gasteiger partial charge is 0.335 e. The van der Waals surface area contributed by atoms with E-state index in [4.69, 9.17) is 20.3 Å². The van der Waals surface area contributed by atoms with Crippen molar-refractivity contribution in [1.29, 1.82) is 0 Å². The molecule has 2 unspecified atom stereocenters. The van der Waals surface area contributed by atoms with Crippen molar-refractivity contribution in [3.63, 3.8) is 0 Å². The standard InChI is InChI=1S/C10H18N2O5/c1-6(2)9(14)17-8(4-12-10(11)15)16-5-7(3)13/h7-8,13H,1,4-5H2,2-3H3,(H3,11,12,15). The molecule has 0 heterocycles. The number of carbonyl (C=O) groups excluding carboxylic acids is 2. The molecule has 0 aliphatic carbocycles. The van der Waals surface area contributed by atoms with Crippen LogP contribution in [-0.2, 0) is 14.3 Å². The van der Waals surface area contributed by atoms with Gasteiger partial charge in [-0.25, -0.2) is 9.59 Å². The van der Waals surface area contributed by atoms with Crippen molar-refractivity contribution < 1.29 is 24.2 Å². The van der Waals surface area contributed by atoms with Crippen LogP contribution in [0.4, 0.5) is 4.79 Å². The van der Waals surface area contributed by atoms with Crippen LogP contribution in [0.2, 0.25) is 0 Å². The Labute approximate surface area is 99.6 Å². The Kier molecular flexibility index (Phi) is 6.92. The zero-order valence-corrected chi connectivity index (χ0v) is 9.93. The van der Waals surface area contributed by atoms with Crippen LogP contribution in [0.15, 0.2) is 12.2 Å². The average Bonchev–Trinajstić information content (AvgIpc) is 2.21. The molecular formula is C10H18N2O5. The van der Waals surface area contributed by atoms with E-state index in [0.717, 1.165) is 0 Å². The fourth-order valence-corrected chi connectivity index (χ4v) is 0.785. The molecule has 0 aromatic rings. The molecule has 0 rings (SSSR count). The van der Waals surface area contributed by atoms with Gasteiger partial charge < -0.3 is 25.6 Å². The first-order valence-corrected chi connectivity index (χ1v) is 5.02. The van der Waals surface area contributed by atoms with E-state index in [-0.39, 0.29) is 18.7 Å². The van der Waals surface area contributed by atoms with Crippen molar-refractivity contribution in [2.45, 2.75) is 26.2 Å². The Bertz CT molecular complexity index is 290. The molecular weight excluding hydrogens is 228 g/mol. The lowest BCUT2D eigenvalue weighted by molar-refractivity contribution is -0.177. The summed E-state index contributed by atoms with van der Waals surface area (Å²) in [4.78, 5) is 21.7. The van der Waals surface area contributed by atoms with Crippen LogP contribution in [0.25, 0.3) is 0 Å². The monoisotopic (exact) mass is 246 g/mol. The number of aliphatic hydroxyl groups is 1. The van der Waals surface area contributed by atoms with E-state index in [0.29, 0.717) is 0 Å². The molecule has 0 saturated carbocycles. The molecule has 0 radical (unpaired) electrons. The van der Waals surface area contributed by atoms with Crippen molar-refractivity contribution >= 4 is 12.0 Å². The summed E-state index contributed by atoms with van der Waals surface area (Å²) < 4.78 is 9.94. The van der Waals surface area contributed by atoms with Gasteiger partial charge in [0.15, 0.2) is 0 Å².